The SMILES string of the molecule is CC1(C(=O)Cc2cccc(Cl)c2F)CCCO1. The van der Waals surface area contributed by atoms with Gasteiger partial charge in [-0.3, -0.25) is 4.79 Å². The Labute approximate surface area is 105 Å². The van der Waals surface area contributed by atoms with Crippen molar-refractivity contribution >= 4 is 17.4 Å². The van der Waals surface area contributed by atoms with E-state index in [2.05, 4.69) is 0 Å². The summed E-state index contributed by atoms with van der Waals surface area (Å²) >= 11 is 5.67. The first kappa shape index (κ1) is 12.5. The molecule has 0 spiro atoms. The largest absolute Gasteiger partial charge is 0.367 e. The molecule has 1 heterocycles. The Kier molecular flexibility index (Phi) is 3.50. The zero-order chi connectivity index (χ0) is 12.5. The van der Waals surface area contributed by atoms with Gasteiger partial charge in [0.15, 0.2) is 5.78 Å². The van der Waals surface area contributed by atoms with Crippen molar-refractivity contribution < 1.29 is 13.9 Å². The van der Waals surface area contributed by atoms with Crippen molar-refractivity contribution in [3.8, 4) is 0 Å². The third-order valence-electron chi connectivity index (χ3n) is 3.19. The number of hydrogen-bond donors (Lipinski definition) is 0. The maximum absolute atomic E-state index is 13.6. The lowest BCUT2D eigenvalue weighted by molar-refractivity contribution is -0.136. The molecule has 0 radical (unpaired) electrons. The van der Waals surface area contributed by atoms with Crippen LogP contribution in [0, 0.1) is 5.82 Å². The van der Waals surface area contributed by atoms with E-state index in [0.717, 1.165) is 6.42 Å². The number of ether oxygens (including phenoxy) is 1. The Bertz CT molecular complexity index is 439. The van der Waals surface area contributed by atoms with Crippen molar-refractivity contribution in [2.45, 2.75) is 31.8 Å². The van der Waals surface area contributed by atoms with Gasteiger partial charge in [0.05, 0.1) is 5.02 Å². The number of hydrogen-bond acceptors (Lipinski definition) is 2. The van der Waals surface area contributed by atoms with Crippen molar-refractivity contribution in [1.82, 2.24) is 0 Å². The molecule has 1 atom stereocenters. The first-order valence-corrected chi connectivity index (χ1v) is 6.01. The third kappa shape index (κ3) is 2.50. The van der Waals surface area contributed by atoms with E-state index >= 15 is 0 Å². The molecule has 1 aliphatic heterocycles. The molecule has 1 aliphatic rings. The van der Waals surface area contributed by atoms with Crippen LogP contribution in [0.1, 0.15) is 25.3 Å². The standard InChI is InChI=1S/C13H14ClFO2/c1-13(6-3-7-17-13)11(16)8-9-4-2-5-10(14)12(9)15/h2,4-5H,3,6-8H2,1H3. The van der Waals surface area contributed by atoms with Crippen LogP contribution in [0.4, 0.5) is 4.39 Å². The van der Waals surface area contributed by atoms with Crippen molar-refractivity contribution in [2.75, 3.05) is 6.61 Å². The Hall–Kier alpha value is -0.930. The zero-order valence-corrected chi connectivity index (χ0v) is 10.4. The van der Waals surface area contributed by atoms with Crippen LogP contribution in [0.2, 0.25) is 5.02 Å². The predicted molar refractivity (Wildman–Crippen MR) is 63.7 cm³/mol. The maximum Gasteiger partial charge on any atom is 0.168 e. The molecule has 4 heteroatoms. The fourth-order valence-electron chi connectivity index (χ4n) is 2.04. The molecule has 17 heavy (non-hydrogen) atoms. The van der Waals surface area contributed by atoms with E-state index in [0.29, 0.717) is 18.6 Å². The van der Waals surface area contributed by atoms with Crippen LogP contribution in [0.3, 0.4) is 0 Å². The van der Waals surface area contributed by atoms with E-state index in [1.54, 1.807) is 19.1 Å². The minimum atomic E-state index is -0.755. The van der Waals surface area contributed by atoms with E-state index < -0.39 is 11.4 Å². The monoisotopic (exact) mass is 256 g/mol. The van der Waals surface area contributed by atoms with Crippen LogP contribution in [0.15, 0.2) is 18.2 Å². The first-order valence-electron chi connectivity index (χ1n) is 5.63. The molecule has 2 rings (SSSR count). The molecule has 0 saturated carbocycles. The summed E-state index contributed by atoms with van der Waals surface area (Å²) in [5.74, 6) is -0.597. The van der Waals surface area contributed by atoms with Gasteiger partial charge < -0.3 is 4.74 Å². The minimum absolute atomic E-state index is 0.0306. The fourth-order valence-corrected chi connectivity index (χ4v) is 2.24. The van der Waals surface area contributed by atoms with E-state index in [-0.39, 0.29) is 17.2 Å². The van der Waals surface area contributed by atoms with Crippen LogP contribution >= 0.6 is 11.6 Å². The highest BCUT2D eigenvalue weighted by Crippen LogP contribution is 2.28. The van der Waals surface area contributed by atoms with Crippen LogP contribution in [-0.2, 0) is 16.0 Å². The highest BCUT2D eigenvalue weighted by molar-refractivity contribution is 6.30. The number of benzene rings is 1. The summed E-state index contributed by atoms with van der Waals surface area (Å²) in [5.41, 5.74) is -0.423. The van der Waals surface area contributed by atoms with Crippen molar-refractivity contribution in [2.24, 2.45) is 0 Å². The second-order valence-corrected chi connectivity index (χ2v) is 4.90. The van der Waals surface area contributed by atoms with Gasteiger partial charge in [-0.15, -0.1) is 0 Å². The normalized spacial score (nSPS) is 23.9. The summed E-state index contributed by atoms with van der Waals surface area (Å²) in [6.07, 6.45) is 1.61. The number of carbonyl (C=O) groups excluding carboxylic acids is 1. The molecule has 0 bridgehead atoms. The van der Waals surface area contributed by atoms with E-state index in [9.17, 15) is 9.18 Å². The summed E-state index contributed by atoms with van der Waals surface area (Å²) in [7, 11) is 0. The van der Waals surface area contributed by atoms with Crippen molar-refractivity contribution in [3.05, 3.63) is 34.6 Å². The number of Topliss-reactive ketones (excluding diaryl/α,β-unsaturated/α-hetero) is 1. The van der Waals surface area contributed by atoms with Gasteiger partial charge in [-0.1, -0.05) is 23.7 Å². The number of carbonyl (C=O) groups is 1. The summed E-state index contributed by atoms with van der Waals surface area (Å²) in [5, 5.41) is 0.0489. The summed E-state index contributed by atoms with van der Waals surface area (Å²) < 4.78 is 19.1. The number of ketones is 1. The molecule has 92 valence electrons. The quantitative estimate of drug-likeness (QED) is 0.830. The van der Waals surface area contributed by atoms with Crippen molar-refractivity contribution in [1.29, 1.82) is 0 Å². The molecule has 2 nitrogen and oxygen atoms in total. The van der Waals surface area contributed by atoms with Gasteiger partial charge in [0.25, 0.3) is 0 Å². The van der Waals surface area contributed by atoms with Crippen LogP contribution < -0.4 is 0 Å². The molecule has 1 unspecified atom stereocenters. The molecule has 0 aliphatic carbocycles. The summed E-state index contributed by atoms with van der Waals surface area (Å²) in [6.45, 7) is 2.37. The zero-order valence-electron chi connectivity index (χ0n) is 9.63. The number of rotatable bonds is 3. The van der Waals surface area contributed by atoms with Gasteiger partial charge in [0.2, 0.25) is 0 Å². The Morgan fingerprint density at radius 3 is 3.00 bits per heavy atom. The van der Waals surface area contributed by atoms with Crippen molar-refractivity contribution in [3.63, 3.8) is 0 Å². The molecule has 1 aromatic carbocycles. The van der Waals surface area contributed by atoms with E-state index in [1.807, 2.05) is 0 Å². The molecule has 1 fully saturated rings. The average molecular weight is 257 g/mol. The number of halogens is 2. The Morgan fingerprint density at radius 2 is 2.35 bits per heavy atom. The lowest BCUT2D eigenvalue weighted by atomic mass is 9.92. The van der Waals surface area contributed by atoms with Gasteiger partial charge in [-0.25, -0.2) is 4.39 Å². The van der Waals surface area contributed by atoms with Gasteiger partial charge in [-0.05, 0) is 31.4 Å². The molecule has 1 aromatic rings. The maximum atomic E-state index is 13.6. The minimum Gasteiger partial charge on any atom is -0.367 e. The highest BCUT2D eigenvalue weighted by atomic mass is 35.5. The fraction of sp³-hybridized carbons (Fsp3) is 0.462. The molecular weight excluding hydrogens is 243 g/mol. The average Bonchev–Trinajstić information content (AvgIpc) is 2.73. The van der Waals surface area contributed by atoms with Crippen LogP contribution in [0.25, 0.3) is 0 Å². The smallest absolute Gasteiger partial charge is 0.168 e. The predicted octanol–water partition coefficient (Wildman–Crippen LogP) is 3.16. The Balaban J connectivity index is 2.16. The van der Waals surface area contributed by atoms with Crippen LogP contribution in [-0.4, -0.2) is 18.0 Å². The lowest BCUT2D eigenvalue weighted by Gasteiger charge is -2.21. The molecule has 0 N–H and O–H groups in total. The molecule has 0 aromatic heterocycles. The molecule has 1 saturated heterocycles. The summed E-state index contributed by atoms with van der Waals surface area (Å²) in [6, 6.07) is 4.70. The second kappa shape index (κ2) is 4.75. The summed E-state index contributed by atoms with van der Waals surface area (Å²) in [4.78, 5) is 12.1. The van der Waals surface area contributed by atoms with E-state index in [1.165, 1.54) is 6.07 Å². The highest BCUT2D eigenvalue weighted by Gasteiger charge is 2.37. The Morgan fingerprint density at radius 1 is 1.59 bits per heavy atom. The van der Waals surface area contributed by atoms with Gasteiger partial charge in [0.1, 0.15) is 11.4 Å². The topological polar surface area (TPSA) is 26.3 Å². The van der Waals surface area contributed by atoms with Gasteiger partial charge >= 0.3 is 0 Å². The molecule has 0 amide bonds. The molecular formula is C13H14ClFO2. The third-order valence-corrected chi connectivity index (χ3v) is 3.48. The van der Waals surface area contributed by atoms with Gasteiger partial charge in [0, 0.05) is 13.0 Å². The van der Waals surface area contributed by atoms with Crippen LogP contribution in [0.5, 0.6) is 0 Å². The second-order valence-electron chi connectivity index (χ2n) is 4.50. The van der Waals surface area contributed by atoms with Gasteiger partial charge in [-0.2, -0.15) is 0 Å². The first-order chi connectivity index (χ1) is 8.03. The van der Waals surface area contributed by atoms with E-state index in [4.69, 9.17) is 16.3 Å². The lowest BCUT2D eigenvalue weighted by Crippen LogP contribution is -2.35.